The standard InChI is InChI=1S/C17H18O2S/c1-12-8-10-15(11-9-12)20(19)17-7-5-4-6-16(17)13(2)14(3)18/h4-11,13H,1-3H3. The number of Topliss-reactive ketones (excluding diaryl/α,β-unsaturated/α-hetero) is 1. The molecule has 2 nitrogen and oxygen atoms in total. The summed E-state index contributed by atoms with van der Waals surface area (Å²) in [6.45, 7) is 5.42. The molecule has 0 aliphatic rings. The maximum absolute atomic E-state index is 12.7. The first-order valence-corrected chi connectivity index (χ1v) is 7.73. The normalized spacial score (nSPS) is 13.8. The van der Waals surface area contributed by atoms with E-state index in [-0.39, 0.29) is 11.7 Å². The van der Waals surface area contributed by atoms with E-state index in [0.717, 1.165) is 20.9 Å². The van der Waals surface area contributed by atoms with E-state index < -0.39 is 10.8 Å². The predicted molar refractivity (Wildman–Crippen MR) is 81.4 cm³/mol. The second-order valence-electron chi connectivity index (χ2n) is 4.95. The first-order chi connectivity index (χ1) is 9.50. The lowest BCUT2D eigenvalue weighted by molar-refractivity contribution is -0.118. The van der Waals surface area contributed by atoms with Crippen LogP contribution in [0.15, 0.2) is 58.3 Å². The highest BCUT2D eigenvalue weighted by Crippen LogP contribution is 2.26. The maximum Gasteiger partial charge on any atom is 0.137 e. The first-order valence-electron chi connectivity index (χ1n) is 6.58. The van der Waals surface area contributed by atoms with Gasteiger partial charge in [-0.25, -0.2) is 4.21 Å². The Morgan fingerprint density at radius 3 is 2.25 bits per heavy atom. The minimum atomic E-state index is -1.26. The van der Waals surface area contributed by atoms with Gasteiger partial charge in [-0.3, -0.25) is 4.79 Å². The van der Waals surface area contributed by atoms with Gasteiger partial charge in [0.05, 0.1) is 10.8 Å². The molecule has 2 rings (SSSR count). The van der Waals surface area contributed by atoms with Crippen LogP contribution in [-0.4, -0.2) is 9.99 Å². The van der Waals surface area contributed by atoms with E-state index in [2.05, 4.69) is 0 Å². The van der Waals surface area contributed by atoms with Crippen LogP contribution in [0, 0.1) is 6.92 Å². The van der Waals surface area contributed by atoms with Crippen molar-refractivity contribution < 1.29 is 9.00 Å². The number of rotatable bonds is 4. The molecule has 0 aliphatic carbocycles. The second-order valence-corrected chi connectivity index (χ2v) is 6.40. The topological polar surface area (TPSA) is 34.1 Å². The highest BCUT2D eigenvalue weighted by Gasteiger charge is 2.18. The Labute approximate surface area is 122 Å². The van der Waals surface area contributed by atoms with Crippen molar-refractivity contribution in [1.82, 2.24) is 0 Å². The van der Waals surface area contributed by atoms with E-state index in [0.29, 0.717) is 0 Å². The monoisotopic (exact) mass is 286 g/mol. The van der Waals surface area contributed by atoms with Gasteiger partial charge in [0.2, 0.25) is 0 Å². The van der Waals surface area contributed by atoms with Gasteiger partial charge < -0.3 is 0 Å². The summed E-state index contributed by atoms with van der Waals surface area (Å²) in [6, 6.07) is 15.1. The molecule has 3 heteroatoms. The fraction of sp³-hybridized carbons (Fsp3) is 0.235. The van der Waals surface area contributed by atoms with Gasteiger partial charge in [-0.1, -0.05) is 42.8 Å². The number of carbonyl (C=O) groups excluding carboxylic acids is 1. The van der Waals surface area contributed by atoms with Crippen LogP contribution in [0.25, 0.3) is 0 Å². The molecule has 0 aromatic heterocycles. The van der Waals surface area contributed by atoms with Gasteiger partial charge in [0.15, 0.2) is 0 Å². The number of benzene rings is 2. The van der Waals surface area contributed by atoms with Gasteiger partial charge in [-0.2, -0.15) is 0 Å². The molecule has 0 heterocycles. The Bertz CT molecular complexity index is 644. The van der Waals surface area contributed by atoms with E-state index in [1.54, 1.807) is 6.92 Å². The van der Waals surface area contributed by atoms with E-state index >= 15 is 0 Å². The Balaban J connectivity index is 2.45. The third-order valence-corrected chi connectivity index (χ3v) is 4.90. The molecule has 2 aromatic carbocycles. The Hall–Kier alpha value is -1.74. The summed E-state index contributed by atoms with van der Waals surface area (Å²) in [4.78, 5) is 13.1. The molecule has 0 bridgehead atoms. The van der Waals surface area contributed by atoms with Gasteiger partial charge in [-0.15, -0.1) is 0 Å². The summed E-state index contributed by atoms with van der Waals surface area (Å²) in [7, 11) is -1.26. The van der Waals surface area contributed by atoms with Crippen molar-refractivity contribution in [2.24, 2.45) is 0 Å². The molecule has 2 atom stereocenters. The highest BCUT2D eigenvalue weighted by atomic mass is 32.2. The molecule has 0 N–H and O–H groups in total. The molecule has 0 saturated heterocycles. The van der Waals surface area contributed by atoms with E-state index in [9.17, 15) is 9.00 Å². The zero-order valence-corrected chi connectivity index (χ0v) is 12.7. The average molecular weight is 286 g/mol. The summed E-state index contributed by atoms with van der Waals surface area (Å²) in [5.74, 6) is -0.154. The lowest BCUT2D eigenvalue weighted by atomic mass is 9.98. The summed E-state index contributed by atoms with van der Waals surface area (Å²) < 4.78 is 12.7. The van der Waals surface area contributed by atoms with Gasteiger partial charge >= 0.3 is 0 Å². The second kappa shape index (κ2) is 6.14. The van der Waals surface area contributed by atoms with Crippen molar-refractivity contribution in [2.75, 3.05) is 0 Å². The molecule has 0 saturated carbocycles. The number of ketones is 1. The Morgan fingerprint density at radius 2 is 1.65 bits per heavy atom. The van der Waals surface area contributed by atoms with Crippen molar-refractivity contribution in [3.05, 3.63) is 59.7 Å². The zero-order valence-electron chi connectivity index (χ0n) is 11.9. The molecule has 104 valence electrons. The highest BCUT2D eigenvalue weighted by molar-refractivity contribution is 7.85. The number of hydrogen-bond acceptors (Lipinski definition) is 2. The summed E-state index contributed by atoms with van der Waals surface area (Å²) in [5.41, 5.74) is 1.98. The average Bonchev–Trinajstić information content (AvgIpc) is 2.46. The zero-order chi connectivity index (χ0) is 14.7. The van der Waals surface area contributed by atoms with Crippen molar-refractivity contribution in [3.8, 4) is 0 Å². The minimum Gasteiger partial charge on any atom is -0.299 e. The van der Waals surface area contributed by atoms with E-state index in [4.69, 9.17) is 0 Å². The molecule has 0 aliphatic heterocycles. The summed E-state index contributed by atoms with van der Waals surface area (Å²) in [5, 5.41) is 0. The first kappa shape index (κ1) is 14.7. The van der Waals surface area contributed by atoms with Crippen LogP contribution in [0.2, 0.25) is 0 Å². The van der Waals surface area contributed by atoms with Crippen molar-refractivity contribution >= 4 is 16.6 Å². The van der Waals surface area contributed by atoms with Crippen LogP contribution >= 0.6 is 0 Å². The molecule has 0 fully saturated rings. The lowest BCUT2D eigenvalue weighted by Crippen LogP contribution is -2.08. The number of carbonyl (C=O) groups is 1. The molecular weight excluding hydrogens is 268 g/mol. The molecule has 0 spiro atoms. The van der Waals surface area contributed by atoms with Crippen LogP contribution in [0.1, 0.15) is 30.9 Å². The minimum absolute atomic E-state index is 0.0818. The summed E-state index contributed by atoms with van der Waals surface area (Å²) >= 11 is 0. The van der Waals surface area contributed by atoms with Crippen LogP contribution in [-0.2, 0) is 15.6 Å². The van der Waals surface area contributed by atoms with E-state index in [1.165, 1.54) is 0 Å². The fourth-order valence-electron chi connectivity index (χ4n) is 2.01. The summed E-state index contributed by atoms with van der Waals surface area (Å²) in [6.07, 6.45) is 0. The molecule has 0 radical (unpaired) electrons. The third kappa shape index (κ3) is 3.05. The molecular formula is C17H18O2S. The smallest absolute Gasteiger partial charge is 0.137 e. The van der Waals surface area contributed by atoms with Crippen LogP contribution < -0.4 is 0 Å². The van der Waals surface area contributed by atoms with Crippen molar-refractivity contribution in [3.63, 3.8) is 0 Å². The third-order valence-electron chi connectivity index (χ3n) is 3.43. The van der Waals surface area contributed by atoms with Gasteiger partial charge in [-0.05, 0) is 37.6 Å². The van der Waals surface area contributed by atoms with Gasteiger partial charge in [0.1, 0.15) is 5.78 Å². The fourth-order valence-corrected chi connectivity index (χ4v) is 3.31. The molecule has 20 heavy (non-hydrogen) atoms. The van der Waals surface area contributed by atoms with Gasteiger partial charge in [0, 0.05) is 15.7 Å². The van der Waals surface area contributed by atoms with Gasteiger partial charge in [0.25, 0.3) is 0 Å². The Kier molecular flexibility index (Phi) is 4.50. The maximum atomic E-state index is 12.7. The molecule has 2 unspecified atom stereocenters. The molecule has 0 amide bonds. The quantitative estimate of drug-likeness (QED) is 0.855. The van der Waals surface area contributed by atoms with Crippen LogP contribution in [0.3, 0.4) is 0 Å². The van der Waals surface area contributed by atoms with Crippen LogP contribution in [0.4, 0.5) is 0 Å². The van der Waals surface area contributed by atoms with Crippen molar-refractivity contribution in [1.29, 1.82) is 0 Å². The molecule has 2 aromatic rings. The van der Waals surface area contributed by atoms with E-state index in [1.807, 2.05) is 62.4 Å². The number of aryl methyl sites for hydroxylation is 1. The lowest BCUT2D eigenvalue weighted by Gasteiger charge is -2.13. The van der Waals surface area contributed by atoms with Crippen LogP contribution in [0.5, 0.6) is 0 Å². The predicted octanol–water partition coefficient (Wildman–Crippen LogP) is 3.85. The van der Waals surface area contributed by atoms with Crippen molar-refractivity contribution in [2.45, 2.75) is 36.5 Å². The largest absolute Gasteiger partial charge is 0.299 e. The number of hydrogen-bond donors (Lipinski definition) is 0. The Morgan fingerprint density at radius 1 is 1.05 bits per heavy atom. The SMILES string of the molecule is CC(=O)C(C)c1ccccc1S(=O)c1ccc(C)cc1.